The largest absolute Gasteiger partial charge is 0.468 e. The standard InChI is InChI=1S/C23H40O3S4/c1-3-4-5-6-7-8-9-10-11-12-13-14-15-16-17-18-27-21-22(30-23(25)29-21)28-19-20(24)26-2/h3-19H2,1-2H3. The molecular weight excluding hydrogens is 453 g/mol. The first-order valence-corrected chi connectivity index (χ1v) is 15.2. The Morgan fingerprint density at radius 2 is 1.17 bits per heavy atom. The van der Waals surface area contributed by atoms with E-state index < -0.39 is 0 Å². The summed E-state index contributed by atoms with van der Waals surface area (Å²) < 4.78 is 6.84. The van der Waals surface area contributed by atoms with Crippen LogP contribution in [0.1, 0.15) is 103 Å². The van der Waals surface area contributed by atoms with Crippen LogP contribution in [0.15, 0.2) is 13.2 Å². The summed E-state index contributed by atoms with van der Waals surface area (Å²) in [6, 6.07) is 0. The van der Waals surface area contributed by atoms with E-state index in [9.17, 15) is 9.59 Å². The fraction of sp³-hybridized carbons (Fsp3) is 0.826. The number of hydrogen-bond donors (Lipinski definition) is 0. The lowest BCUT2D eigenvalue weighted by Crippen LogP contribution is -2.02. The van der Waals surface area contributed by atoms with Crippen LogP contribution in [-0.4, -0.2) is 24.6 Å². The van der Waals surface area contributed by atoms with Crippen molar-refractivity contribution in [2.24, 2.45) is 0 Å². The molecule has 174 valence electrons. The van der Waals surface area contributed by atoms with E-state index in [2.05, 4.69) is 11.7 Å². The van der Waals surface area contributed by atoms with Gasteiger partial charge in [-0.25, -0.2) is 0 Å². The maximum absolute atomic E-state index is 11.7. The minimum absolute atomic E-state index is 0.112. The van der Waals surface area contributed by atoms with E-state index in [-0.39, 0.29) is 15.8 Å². The van der Waals surface area contributed by atoms with Crippen molar-refractivity contribution in [3.05, 3.63) is 8.85 Å². The number of esters is 1. The third-order valence-electron chi connectivity index (χ3n) is 5.05. The van der Waals surface area contributed by atoms with Gasteiger partial charge in [0.15, 0.2) is 0 Å². The first-order chi connectivity index (χ1) is 14.7. The van der Waals surface area contributed by atoms with Crippen LogP contribution in [0, 0.1) is 0 Å². The lowest BCUT2D eigenvalue weighted by molar-refractivity contribution is -0.137. The van der Waals surface area contributed by atoms with E-state index in [4.69, 9.17) is 0 Å². The molecule has 7 heteroatoms. The Morgan fingerprint density at radius 3 is 1.63 bits per heavy atom. The summed E-state index contributed by atoms with van der Waals surface area (Å²) in [6.07, 6.45) is 20.7. The zero-order valence-electron chi connectivity index (χ0n) is 18.9. The quantitative estimate of drug-likeness (QED) is 0.104. The lowest BCUT2D eigenvalue weighted by atomic mass is 10.0. The van der Waals surface area contributed by atoms with Crippen LogP contribution in [0.2, 0.25) is 0 Å². The third-order valence-corrected chi connectivity index (χ3v) is 10.2. The van der Waals surface area contributed by atoms with Crippen molar-refractivity contribution in [1.82, 2.24) is 0 Å². The molecule has 0 N–H and O–H groups in total. The summed E-state index contributed by atoms with van der Waals surface area (Å²) >= 11 is 5.76. The van der Waals surface area contributed by atoms with Gasteiger partial charge in [-0.15, -0.1) is 23.5 Å². The SMILES string of the molecule is CCCCCCCCCCCCCCCCCSc1sc(=O)sc1SCC(=O)OC. The second kappa shape index (κ2) is 19.7. The van der Waals surface area contributed by atoms with Crippen LogP contribution in [0.25, 0.3) is 0 Å². The molecule has 0 aliphatic rings. The van der Waals surface area contributed by atoms with E-state index in [1.165, 1.54) is 138 Å². The number of hydrogen-bond acceptors (Lipinski definition) is 7. The van der Waals surface area contributed by atoms with Crippen molar-refractivity contribution >= 4 is 52.2 Å². The van der Waals surface area contributed by atoms with Crippen LogP contribution in [0.3, 0.4) is 0 Å². The number of rotatable bonds is 20. The van der Waals surface area contributed by atoms with Gasteiger partial charge < -0.3 is 4.74 Å². The Kier molecular flexibility index (Phi) is 18.4. The molecule has 0 spiro atoms. The van der Waals surface area contributed by atoms with Crippen molar-refractivity contribution < 1.29 is 9.53 Å². The van der Waals surface area contributed by atoms with Gasteiger partial charge in [-0.2, -0.15) is 0 Å². The number of carbonyl (C=O) groups excluding carboxylic acids is 1. The molecular formula is C23H40O3S4. The summed E-state index contributed by atoms with van der Waals surface area (Å²) in [4.78, 5) is 23.0. The molecule has 0 unspecified atom stereocenters. The average Bonchev–Trinajstić information content (AvgIpc) is 3.10. The highest BCUT2D eigenvalue weighted by molar-refractivity contribution is 8.05. The molecule has 0 amide bonds. The Hall–Kier alpha value is 0.0200. The van der Waals surface area contributed by atoms with Crippen LogP contribution in [0.5, 0.6) is 0 Å². The molecule has 0 bridgehead atoms. The summed E-state index contributed by atoms with van der Waals surface area (Å²) in [5.74, 6) is 1.08. The predicted molar refractivity (Wildman–Crippen MR) is 137 cm³/mol. The molecule has 1 aromatic heterocycles. The Morgan fingerprint density at radius 1 is 0.733 bits per heavy atom. The molecule has 0 aliphatic heterocycles. The molecule has 0 aliphatic carbocycles. The van der Waals surface area contributed by atoms with Crippen molar-refractivity contribution in [2.75, 3.05) is 18.6 Å². The van der Waals surface area contributed by atoms with Gasteiger partial charge in [0, 0.05) is 0 Å². The molecule has 0 saturated carbocycles. The molecule has 1 rings (SSSR count). The second-order valence-electron chi connectivity index (χ2n) is 7.69. The summed E-state index contributed by atoms with van der Waals surface area (Å²) in [5, 5.41) is 0. The maximum Gasteiger partial charge on any atom is 0.316 e. The molecule has 0 aromatic carbocycles. The van der Waals surface area contributed by atoms with Crippen molar-refractivity contribution in [3.63, 3.8) is 0 Å². The van der Waals surface area contributed by atoms with E-state index in [0.29, 0.717) is 0 Å². The molecule has 0 radical (unpaired) electrons. The van der Waals surface area contributed by atoms with E-state index in [1.807, 2.05) is 0 Å². The number of ether oxygens (including phenoxy) is 1. The molecule has 0 fully saturated rings. The predicted octanol–water partition coefficient (Wildman–Crippen LogP) is 8.40. The Balaban J connectivity index is 1.93. The summed E-state index contributed by atoms with van der Waals surface area (Å²) in [7, 11) is 1.39. The van der Waals surface area contributed by atoms with Gasteiger partial charge in [-0.05, 0) is 12.2 Å². The van der Waals surface area contributed by atoms with Gasteiger partial charge in [0.25, 0.3) is 4.06 Å². The highest BCUT2D eigenvalue weighted by Gasteiger charge is 2.12. The summed E-state index contributed by atoms with van der Waals surface area (Å²) in [6.45, 7) is 2.28. The highest BCUT2D eigenvalue weighted by Crippen LogP contribution is 2.37. The van der Waals surface area contributed by atoms with E-state index >= 15 is 0 Å². The summed E-state index contributed by atoms with van der Waals surface area (Å²) in [5.41, 5.74) is 0. The van der Waals surface area contributed by atoms with E-state index in [0.717, 1.165) is 14.2 Å². The van der Waals surface area contributed by atoms with E-state index in [1.54, 1.807) is 11.8 Å². The number of thioether (sulfide) groups is 2. The monoisotopic (exact) mass is 492 g/mol. The van der Waals surface area contributed by atoms with Gasteiger partial charge in [0.1, 0.15) is 0 Å². The minimum atomic E-state index is -0.246. The fourth-order valence-corrected chi connectivity index (χ4v) is 8.40. The van der Waals surface area contributed by atoms with Crippen LogP contribution >= 0.6 is 46.2 Å². The molecule has 1 aromatic rings. The van der Waals surface area contributed by atoms with Gasteiger partial charge in [-0.1, -0.05) is 119 Å². The van der Waals surface area contributed by atoms with Crippen LogP contribution < -0.4 is 4.06 Å². The zero-order chi connectivity index (χ0) is 21.9. The smallest absolute Gasteiger partial charge is 0.316 e. The topological polar surface area (TPSA) is 43.4 Å². The number of unbranched alkanes of at least 4 members (excludes halogenated alkanes) is 14. The lowest BCUT2D eigenvalue weighted by Gasteiger charge is -2.04. The Bertz CT molecular complexity index is 598. The number of methoxy groups -OCH3 is 1. The van der Waals surface area contributed by atoms with Crippen molar-refractivity contribution in [3.8, 4) is 0 Å². The third kappa shape index (κ3) is 14.9. The fourth-order valence-electron chi connectivity index (χ4n) is 3.25. The van der Waals surface area contributed by atoms with Crippen molar-refractivity contribution in [2.45, 2.75) is 112 Å². The van der Waals surface area contributed by atoms with Gasteiger partial charge in [0.2, 0.25) is 0 Å². The average molecular weight is 493 g/mol. The maximum atomic E-state index is 11.7. The van der Waals surface area contributed by atoms with Crippen LogP contribution in [-0.2, 0) is 9.53 Å². The first-order valence-electron chi connectivity index (χ1n) is 11.6. The van der Waals surface area contributed by atoms with Crippen molar-refractivity contribution in [1.29, 1.82) is 0 Å². The zero-order valence-corrected chi connectivity index (χ0v) is 22.1. The van der Waals surface area contributed by atoms with Gasteiger partial charge >= 0.3 is 5.97 Å². The normalized spacial score (nSPS) is 11.1. The molecule has 3 nitrogen and oxygen atoms in total. The molecule has 0 atom stereocenters. The molecule has 0 saturated heterocycles. The highest BCUT2D eigenvalue weighted by atomic mass is 32.2. The molecule has 1 heterocycles. The molecule has 30 heavy (non-hydrogen) atoms. The number of carbonyl (C=O) groups is 1. The first kappa shape index (κ1) is 28.1. The Labute approximate surface area is 200 Å². The minimum Gasteiger partial charge on any atom is -0.468 e. The second-order valence-corrected chi connectivity index (χ2v) is 12.5. The van der Waals surface area contributed by atoms with Gasteiger partial charge in [-0.3, -0.25) is 9.59 Å². The van der Waals surface area contributed by atoms with Crippen LogP contribution in [0.4, 0.5) is 0 Å². The van der Waals surface area contributed by atoms with Gasteiger partial charge in [0.05, 0.1) is 21.3 Å².